The Hall–Kier alpha value is -2.73. The molecule has 0 radical (unpaired) electrons. The van der Waals surface area contributed by atoms with Crippen LogP contribution in [0.25, 0.3) is 11.4 Å². The van der Waals surface area contributed by atoms with E-state index in [0.29, 0.717) is 10.6 Å². The minimum atomic E-state index is 0.127. The number of rotatable bonds is 4. The lowest BCUT2D eigenvalue weighted by Crippen LogP contribution is -2.10. The molecule has 0 atom stereocenters. The van der Waals surface area contributed by atoms with Crippen LogP contribution in [-0.2, 0) is 5.41 Å². The van der Waals surface area contributed by atoms with E-state index in [4.69, 9.17) is 17.0 Å². The van der Waals surface area contributed by atoms with Gasteiger partial charge in [0.1, 0.15) is 5.75 Å². The maximum atomic E-state index is 5.32. The van der Waals surface area contributed by atoms with Gasteiger partial charge in [-0.15, -0.1) is 0 Å². The van der Waals surface area contributed by atoms with E-state index in [1.165, 1.54) is 5.56 Å². The van der Waals surface area contributed by atoms with Gasteiger partial charge < -0.3 is 4.74 Å². The molecule has 0 amide bonds. The summed E-state index contributed by atoms with van der Waals surface area (Å²) in [5.41, 5.74) is 3.28. The Labute approximate surface area is 158 Å². The van der Waals surface area contributed by atoms with Gasteiger partial charge in [0.05, 0.1) is 13.3 Å². The SMILES string of the molecule is COc1cccc(-c2n[nH]c(=S)n2N=Cc2ccc(C(C)(C)C)cc2)c1. The summed E-state index contributed by atoms with van der Waals surface area (Å²) in [5, 5.41) is 11.6. The number of hydrogen-bond acceptors (Lipinski definition) is 4. The van der Waals surface area contributed by atoms with Gasteiger partial charge in [-0.2, -0.15) is 14.9 Å². The number of hydrogen-bond donors (Lipinski definition) is 1. The highest BCUT2D eigenvalue weighted by molar-refractivity contribution is 7.71. The van der Waals surface area contributed by atoms with Gasteiger partial charge in [0.2, 0.25) is 4.77 Å². The first-order valence-electron chi connectivity index (χ1n) is 8.35. The topological polar surface area (TPSA) is 55.2 Å². The highest BCUT2D eigenvalue weighted by Gasteiger charge is 2.12. The Morgan fingerprint density at radius 1 is 1.15 bits per heavy atom. The first-order chi connectivity index (χ1) is 12.4. The van der Waals surface area contributed by atoms with Crippen molar-refractivity contribution in [2.24, 2.45) is 5.10 Å². The van der Waals surface area contributed by atoms with Crippen molar-refractivity contribution in [1.29, 1.82) is 0 Å². The van der Waals surface area contributed by atoms with E-state index in [1.54, 1.807) is 18.0 Å². The Kier molecular flexibility index (Phi) is 5.04. The molecule has 0 aliphatic rings. The molecule has 3 aromatic rings. The van der Waals surface area contributed by atoms with Gasteiger partial charge in [-0.1, -0.05) is 57.2 Å². The molecule has 6 heteroatoms. The summed E-state index contributed by atoms with van der Waals surface area (Å²) < 4.78 is 7.33. The monoisotopic (exact) mass is 366 g/mol. The molecule has 0 saturated heterocycles. The second-order valence-electron chi connectivity index (χ2n) is 7.01. The number of methoxy groups -OCH3 is 1. The molecule has 0 unspecified atom stereocenters. The smallest absolute Gasteiger partial charge is 0.216 e. The third kappa shape index (κ3) is 3.91. The molecule has 134 valence electrons. The van der Waals surface area contributed by atoms with Crippen LogP contribution in [0.2, 0.25) is 0 Å². The summed E-state index contributed by atoms with van der Waals surface area (Å²) in [5.74, 6) is 1.39. The van der Waals surface area contributed by atoms with Crippen LogP contribution in [0.4, 0.5) is 0 Å². The first kappa shape index (κ1) is 18.1. The van der Waals surface area contributed by atoms with Crippen LogP contribution >= 0.6 is 12.2 Å². The average molecular weight is 366 g/mol. The van der Waals surface area contributed by atoms with Crippen LogP contribution in [0.1, 0.15) is 31.9 Å². The number of aromatic nitrogens is 3. The highest BCUT2D eigenvalue weighted by atomic mass is 32.1. The Balaban J connectivity index is 1.92. The van der Waals surface area contributed by atoms with Crippen LogP contribution in [0.15, 0.2) is 53.6 Å². The quantitative estimate of drug-likeness (QED) is 0.533. The molecule has 5 nitrogen and oxygen atoms in total. The third-order valence-corrected chi connectivity index (χ3v) is 4.34. The van der Waals surface area contributed by atoms with Crippen LogP contribution < -0.4 is 4.74 Å². The molecule has 0 aliphatic heterocycles. The zero-order chi connectivity index (χ0) is 18.7. The number of aromatic amines is 1. The number of benzene rings is 2. The first-order valence-corrected chi connectivity index (χ1v) is 8.76. The molecule has 1 aromatic heterocycles. The van der Waals surface area contributed by atoms with E-state index in [-0.39, 0.29) is 5.41 Å². The number of ether oxygens (including phenoxy) is 1. The summed E-state index contributed by atoms with van der Waals surface area (Å²) in [6.45, 7) is 6.59. The second-order valence-corrected chi connectivity index (χ2v) is 7.40. The van der Waals surface area contributed by atoms with Gasteiger partial charge in [-0.05, 0) is 40.9 Å². The number of nitrogens with zero attached hydrogens (tertiary/aromatic N) is 3. The fourth-order valence-electron chi connectivity index (χ4n) is 2.54. The van der Waals surface area contributed by atoms with Crippen molar-refractivity contribution < 1.29 is 4.74 Å². The minimum Gasteiger partial charge on any atom is -0.497 e. The predicted molar refractivity (Wildman–Crippen MR) is 108 cm³/mol. The molecule has 0 fully saturated rings. The minimum absolute atomic E-state index is 0.127. The molecule has 0 bridgehead atoms. The largest absolute Gasteiger partial charge is 0.497 e. The van der Waals surface area contributed by atoms with E-state index < -0.39 is 0 Å². The van der Waals surface area contributed by atoms with Gasteiger partial charge >= 0.3 is 0 Å². The Morgan fingerprint density at radius 2 is 1.88 bits per heavy atom. The molecule has 26 heavy (non-hydrogen) atoms. The molecule has 0 spiro atoms. The predicted octanol–water partition coefficient (Wildman–Crippen LogP) is 4.80. The molecule has 1 N–H and O–H groups in total. The zero-order valence-electron chi connectivity index (χ0n) is 15.4. The molecule has 3 rings (SSSR count). The number of H-pyrrole nitrogens is 1. The van der Waals surface area contributed by atoms with Crippen molar-refractivity contribution in [2.75, 3.05) is 7.11 Å². The second kappa shape index (κ2) is 7.25. The van der Waals surface area contributed by atoms with Gasteiger partial charge in [0.25, 0.3) is 0 Å². The molecule has 1 heterocycles. The van der Waals surface area contributed by atoms with E-state index in [2.05, 4.69) is 60.3 Å². The van der Waals surface area contributed by atoms with E-state index in [9.17, 15) is 0 Å². The van der Waals surface area contributed by atoms with Crippen LogP contribution in [0.3, 0.4) is 0 Å². The lowest BCUT2D eigenvalue weighted by Gasteiger charge is -2.18. The van der Waals surface area contributed by atoms with Crippen molar-refractivity contribution in [3.63, 3.8) is 0 Å². The Bertz CT molecular complexity index is 978. The maximum Gasteiger partial charge on any atom is 0.216 e. The lowest BCUT2D eigenvalue weighted by molar-refractivity contribution is 0.415. The summed E-state index contributed by atoms with van der Waals surface area (Å²) in [6, 6.07) is 16.0. The summed E-state index contributed by atoms with van der Waals surface area (Å²) in [6.07, 6.45) is 1.78. The summed E-state index contributed by atoms with van der Waals surface area (Å²) >= 11 is 5.32. The fraction of sp³-hybridized carbons (Fsp3) is 0.250. The lowest BCUT2D eigenvalue weighted by atomic mass is 9.87. The molecule has 0 aliphatic carbocycles. The van der Waals surface area contributed by atoms with Crippen LogP contribution in [-0.4, -0.2) is 28.2 Å². The zero-order valence-corrected chi connectivity index (χ0v) is 16.2. The van der Waals surface area contributed by atoms with Crippen LogP contribution in [0.5, 0.6) is 5.75 Å². The molecule has 0 saturated carbocycles. The van der Waals surface area contributed by atoms with Crippen molar-refractivity contribution in [2.45, 2.75) is 26.2 Å². The standard InChI is InChI=1S/C20H22N4OS/c1-20(2,3)16-10-8-14(9-11-16)13-21-24-18(22-23-19(24)26)15-6-5-7-17(12-15)25-4/h5-13H,1-4H3,(H,23,26). The average Bonchev–Trinajstić information content (AvgIpc) is 3.00. The van der Waals surface area contributed by atoms with Crippen molar-refractivity contribution in [1.82, 2.24) is 14.9 Å². The summed E-state index contributed by atoms with van der Waals surface area (Å²) in [7, 11) is 1.63. The Morgan fingerprint density at radius 3 is 2.54 bits per heavy atom. The summed E-state index contributed by atoms with van der Waals surface area (Å²) in [4.78, 5) is 0. The molecular formula is C20H22N4OS. The van der Waals surface area contributed by atoms with Crippen molar-refractivity contribution in [3.8, 4) is 17.1 Å². The van der Waals surface area contributed by atoms with Crippen molar-refractivity contribution >= 4 is 18.4 Å². The van der Waals surface area contributed by atoms with Gasteiger partial charge in [0, 0.05) is 5.56 Å². The highest BCUT2D eigenvalue weighted by Crippen LogP contribution is 2.23. The maximum absolute atomic E-state index is 5.32. The van der Waals surface area contributed by atoms with E-state index in [0.717, 1.165) is 16.9 Å². The van der Waals surface area contributed by atoms with Crippen LogP contribution in [0, 0.1) is 4.77 Å². The van der Waals surface area contributed by atoms with Gasteiger partial charge in [-0.25, -0.2) is 5.10 Å². The number of nitrogens with one attached hydrogen (secondary N) is 1. The van der Waals surface area contributed by atoms with Gasteiger partial charge in [0.15, 0.2) is 5.82 Å². The molecule has 2 aromatic carbocycles. The van der Waals surface area contributed by atoms with Gasteiger partial charge in [-0.3, -0.25) is 0 Å². The third-order valence-electron chi connectivity index (χ3n) is 4.08. The van der Waals surface area contributed by atoms with E-state index in [1.807, 2.05) is 24.3 Å². The van der Waals surface area contributed by atoms with Crippen molar-refractivity contribution in [3.05, 3.63) is 64.4 Å². The van der Waals surface area contributed by atoms with E-state index >= 15 is 0 Å². The fourth-order valence-corrected chi connectivity index (χ4v) is 2.72. The molecular weight excluding hydrogens is 344 g/mol. The normalized spacial score (nSPS) is 11.8.